The second-order valence-corrected chi connectivity index (χ2v) is 17.8. The van der Waals surface area contributed by atoms with E-state index in [0.29, 0.717) is 12.8 Å². The molecule has 60 heavy (non-hydrogen) atoms. The zero-order chi connectivity index (χ0) is 43.2. The predicted octanol–water partition coefficient (Wildman–Crippen LogP) is 1.70. The third-order valence-electron chi connectivity index (χ3n) is 13.2. The number of carbonyl (C=O) groups excluding carboxylic acids is 4. The van der Waals surface area contributed by atoms with Crippen molar-refractivity contribution in [3.63, 3.8) is 0 Å². The van der Waals surface area contributed by atoms with Crippen LogP contribution in [0.15, 0.2) is 35.4 Å². The Hall–Kier alpha value is -3.30. The summed E-state index contributed by atoms with van der Waals surface area (Å²) >= 11 is 0. The summed E-state index contributed by atoms with van der Waals surface area (Å²) in [5.74, 6) is -3.41. The summed E-state index contributed by atoms with van der Waals surface area (Å²) in [4.78, 5) is 55.7. The molecular weight excluding hydrogens is 788 g/mol. The van der Waals surface area contributed by atoms with Crippen LogP contribution in [0.3, 0.4) is 0 Å². The quantitative estimate of drug-likeness (QED) is 0.228. The summed E-state index contributed by atoms with van der Waals surface area (Å²) in [6.07, 6.45) is -8.21. The van der Waals surface area contributed by atoms with Crippen LogP contribution in [0.25, 0.3) is 0 Å². The Labute approximate surface area is 346 Å². The molecule has 8 rings (SSSR count). The van der Waals surface area contributed by atoms with Gasteiger partial charge in [0.05, 0.1) is 72.0 Å². The summed E-state index contributed by atoms with van der Waals surface area (Å²) in [5.41, 5.74) is -7.59. The number of aliphatic hydroxyl groups excluding tert-OH is 3. The fraction of sp³-hybridized carbons (Fsp3) is 0.674. The lowest BCUT2D eigenvalue weighted by atomic mass is 9.57. The van der Waals surface area contributed by atoms with Crippen LogP contribution in [0, 0.1) is 0 Å². The fourth-order valence-electron chi connectivity index (χ4n) is 9.95. The molecular formula is C43H54O17. The van der Waals surface area contributed by atoms with Crippen molar-refractivity contribution in [2.45, 2.75) is 183 Å². The molecule has 7 aliphatic rings. The molecule has 16 atom stereocenters. The number of hydrogen-bond donors (Lipinski definition) is 6. The molecule has 1 aromatic carbocycles. The second-order valence-electron chi connectivity index (χ2n) is 17.8. The van der Waals surface area contributed by atoms with Gasteiger partial charge in [-0.25, -0.2) is 0 Å². The Morgan fingerprint density at radius 1 is 0.767 bits per heavy atom. The molecule has 17 nitrogen and oxygen atoms in total. The first-order chi connectivity index (χ1) is 28.2. The summed E-state index contributed by atoms with van der Waals surface area (Å²) in [5, 5.41) is 66.5. The molecule has 328 valence electrons. The molecule has 0 radical (unpaired) electrons. The highest BCUT2D eigenvalue weighted by molar-refractivity contribution is 6.32. The highest BCUT2D eigenvalue weighted by Gasteiger charge is 2.69. The Morgan fingerprint density at radius 2 is 1.45 bits per heavy atom. The number of ketones is 4. The van der Waals surface area contributed by atoms with E-state index in [1.54, 1.807) is 27.7 Å². The van der Waals surface area contributed by atoms with Gasteiger partial charge in [-0.05, 0) is 59.6 Å². The van der Waals surface area contributed by atoms with Crippen LogP contribution in [0.2, 0.25) is 0 Å². The van der Waals surface area contributed by atoms with E-state index in [1.807, 2.05) is 0 Å². The Balaban J connectivity index is 1.03. The number of allylic oxidation sites excluding steroid dienone is 2. The van der Waals surface area contributed by atoms with E-state index in [0.717, 1.165) is 0 Å². The zero-order valence-corrected chi connectivity index (χ0v) is 34.1. The molecule has 1 aromatic rings. The predicted molar refractivity (Wildman–Crippen MR) is 203 cm³/mol. The first kappa shape index (κ1) is 43.4. The molecule has 0 aromatic heterocycles. The highest BCUT2D eigenvalue weighted by Crippen LogP contribution is 2.54. The highest BCUT2D eigenvalue weighted by atomic mass is 16.7. The monoisotopic (exact) mass is 842 g/mol. The van der Waals surface area contributed by atoms with Crippen LogP contribution in [-0.4, -0.2) is 144 Å². The number of phenols is 1. The van der Waals surface area contributed by atoms with Gasteiger partial charge in [-0.15, -0.1) is 0 Å². The minimum absolute atomic E-state index is 0.0210. The fourth-order valence-corrected chi connectivity index (χ4v) is 9.95. The molecule has 4 heterocycles. The molecule has 5 fully saturated rings. The third-order valence-corrected chi connectivity index (χ3v) is 13.2. The van der Waals surface area contributed by atoms with Crippen molar-refractivity contribution >= 4 is 23.1 Å². The summed E-state index contributed by atoms with van der Waals surface area (Å²) in [7, 11) is 0. The molecule has 3 aliphatic carbocycles. The van der Waals surface area contributed by atoms with E-state index >= 15 is 0 Å². The first-order valence-corrected chi connectivity index (χ1v) is 20.8. The lowest BCUT2D eigenvalue weighted by Crippen LogP contribution is -2.71. The number of aliphatic hydroxyl groups is 5. The summed E-state index contributed by atoms with van der Waals surface area (Å²) in [6.45, 7) is 8.02. The van der Waals surface area contributed by atoms with Crippen molar-refractivity contribution in [3.8, 4) is 5.75 Å². The maximum Gasteiger partial charge on any atom is 0.198 e. The zero-order valence-electron chi connectivity index (χ0n) is 34.1. The van der Waals surface area contributed by atoms with Crippen molar-refractivity contribution < 1.29 is 83.0 Å². The standard InChI is InChI=1S/C43H54O17/c1-18-25(44)8-10-32(55-18)60-43-30(46)16-41(5,52)17-42(43,53)13-12-24-35(43)40(51)23-7-6-22(38(49)34(23)39(24)50)28-15-29(37(48)21(4)54-28)59-31-11-9-27(19(2)56-31)58-33-14-26(45)36(47)20(3)57-33/h6-7,12-13,18-21,25,27-29,31-33,36-37,44,47-49,52-53H,8-11,14-17H2,1-5H3/t18-,19+,20+,21-,25-,27-,28-,29+,31-,32-,33-,36+,37-,41-,42-,43-/m0/s1. The van der Waals surface area contributed by atoms with Crippen LogP contribution in [-0.2, 0) is 42.7 Å². The minimum Gasteiger partial charge on any atom is -0.507 e. The molecule has 0 amide bonds. The number of aromatic hydroxyl groups is 1. The number of Topliss-reactive ketones (excluding diaryl/α,β-unsaturated/α-hetero) is 4. The van der Waals surface area contributed by atoms with Crippen LogP contribution >= 0.6 is 0 Å². The largest absolute Gasteiger partial charge is 0.507 e. The number of fused-ring (bicyclic) bond motifs is 3. The van der Waals surface area contributed by atoms with E-state index < -0.39 is 138 Å². The molecule has 0 spiro atoms. The normalized spacial score (nSPS) is 44.7. The van der Waals surface area contributed by atoms with E-state index in [9.17, 15) is 49.8 Å². The number of phenolic OH excluding ortho intramolecular Hbond substituents is 1. The van der Waals surface area contributed by atoms with Gasteiger partial charge in [0, 0.05) is 48.8 Å². The van der Waals surface area contributed by atoms with E-state index in [1.165, 1.54) is 31.2 Å². The van der Waals surface area contributed by atoms with Crippen LogP contribution in [0.4, 0.5) is 0 Å². The summed E-state index contributed by atoms with van der Waals surface area (Å²) < 4.78 is 42.5. The van der Waals surface area contributed by atoms with E-state index in [4.69, 9.17) is 33.2 Å². The number of rotatable bonds is 7. The molecule has 0 bridgehead atoms. The SMILES string of the molecule is C[C@@H]1O[C@H](c2ccc3c(c2O)C(=O)C2=C(C3=O)[C@@]3(O[C@H]4CC[C@H](O)[C@H](C)O4)C(=O)C[C@](C)(O)C[C@@]3(O)C=C2)C[C@@H](O[C@H]2CC[C@H](O[C@H]3CC(=O)[C@H](O)[C@@H](C)O3)[C@@H](C)O2)[C@H]1O. The van der Waals surface area contributed by atoms with Gasteiger partial charge in [0.2, 0.25) is 0 Å². The lowest BCUT2D eigenvalue weighted by molar-refractivity contribution is -0.296. The number of hydrogen-bond acceptors (Lipinski definition) is 17. The molecule has 4 saturated heterocycles. The molecule has 1 saturated carbocycles. The van der Waals surface area contributed by atoms with Gasteiger partial charge in [0.15, 0.2) is 47.6 Å². The Kier molecular flexibility index (Phi) is 11.4. The van der Waals surface area contributed by atoms with E-state index in [-0.39, 0.29) is 53.7 Å². The topological polar surface area (TPSA) is 254 Å². The van der Waals surface area contributed by atoms with Gasteiger partial charge < -0.3 is 63.8 Å². The second kappa shape index (κ2) is 15.8. The molecule has 17 heteroatoms. The van der Waals surface area contributed by atoms with Gasteiger partial charge >= 0.3 is 0 Å². The number of benzene rings is 1. The average Bonchev–Trinajstić information content (AvgIpc) is 3.17. The van der Waals surface area contributed by atoms with Gasteiger partial charge in [0.25, 0.3) is 0 Å². The Morgan fingerprint density at radius 3 is 2.15 bits per heavy atom. The van der Waals surface area contributed by atoms with Gasteiger partial charge in [-0.1, -0.05) is 12.1 Å². The number of ether oxygens (including phenoxy) is 7. The smallest absolute Gasteiger partial charge is 0.198 e. The van der Waals surface area contributed by atoms with Crippen LogP contribution in [0.5, 0.6) is 5.75 Å². The van der Waals surface area contributed by atoms with Crippen molar-refractivity contribution in [2.75, 3.05) is 0 Å². The minimum atomic E-state index is -2.47. The molecule has 4 aliphatic heterocycles. The van der Waals surface area contributed by atoms with Gasteiger partial charge in [-0.2, -0.15) is 0 Å². The average molecular weight is 843 g/mol. The molecule has 6 N–H and O–H groups in total. The van der Waals surface area contributed by atoms with Crippen molar-refractivity contribution in [3.05, 3.63) is 52.1 Å². The van der Waals surface area contributed by atoms with Gasteiger partial charge in [0.1, 0.15) is 23.6 Å². The van der Waals surface area contributed by atoms with Gasteiger partial charge in [-0.3, -0.25) is 19.2 Å². The van der Waals surface area contributed by atoms with Crippen molar-refractivity contribution in [2.24, 2.45) is 0 Å². The summed E-state index contributed by atoms with van der Waals surface area (Å²) in [6, 6.07) is 2.76. The van der Waals surface area contributed by atoms with Crippen LogP contribution < -0.4 is 0 Å². The maximum atomic E-state index is 14.7. The third kappa shape index (κ3) is 7.33. The first-order valence-electron chi connectivity index (χ1n) is 20.8. The van der Waals surface area contributed by atoms with Crippen LogP contribution in [0.1, 0.15) is 118 Å². The lowest BCUT2D eigenvalue weighted by Gasteiger charge is -2.55. The maximum absolute atomic E-state index is 14.7. The van der Waals surface area contributed by atoms with E-state index in [2.05, 4.69) is 0 Å². The Bertz CT molecular complexity index is 1990. The van der Waals surface area contributed by atoms with Crippen molar-refractivity contribution in [1.29, 1.82) is 0 Å². The number of carbonyl (C=O) groups is 4. The molecule has 0 unspecified atom stereocenters. The van der Waals surface area contributed by atoms with Crippen molar-refractivity contribution in [1.82, 2.24) is 0 Å².